The molecule has 0 aliphatic carbocycles. The maximum absolute atomic E-state index is 12.8. The second-order valence-corrected chi connectivity index (χ2v) is 13.0. The van der Waals surface area contributed by atoms with Gasteiger partial charge in [-0.15, -0.1) is 0 Å². The fraction of sp³-hybridized carbons (Fsp3) is 0.725. The van der Waals surface area contributed by atoms with Crippen LogP contribution in [0.5, 0.6) is 0 Å². The number of carbonyl (C=O) groups is 1. The van der Waals surface area contributed by atoms with Crippen LogP contribution in [0, 0.1) is 0 Å². The van der Waals surface area contributed by atoms with Gasteiger partial charge in [0, 0.05) is 6.42 Å². The molecule has 0 spiro atoms. The van der Waals surface area contributed by atoms with Gasteiger partial charge in [-0.3, -0.25) is 4.79 Å². The monoisotopic (exact) mass is 692 g/mol. The van der Waals surface area contributed by atoms with Gasteiger partial charge in [-0.25, -0.2) is 0 Å². The van der Waals surface area contributed by atoms with Gasteiger partial charge in [0.05, 0.1) is 25.4 Å². The second-order valence-electron chi connectivity index (χ2n) is 13.0. The molecule has 1 fully saturated rings. The van der Waals surface area contributed by atoms with E-state index < -0.39 is 49.5 Å². The van der Waals surface area contributed by atoms with Crippen molar-refractivity contribution in [3.05, 3.63) is 60.8 Å². The smallest absolute Gasteiger partial charge is 0.220 e. The topological polar surface area (TPSA) is 149 Å². The van der Waals surface area contributed by atoms with Crippen molar-refractivity contribution in [2.45, 2.75) is 172 Å². The van der Waals surface area contributed by atoms with Gasteiger partial charge in [0.1, 0.15) is 24.4 Å². The Kier molecular flexibility index (Phi) is 28.1. The number of ether oxygens (including phenoxy) is 2. The molecular weight excluding hydrogens is 622 g/mol. The molecule has 49 heavy (non-hydrogen) atoms. The zero-order valence-electron chi connectivity index (χ0n) is 30.4. The number of nitrogens with one attached hydrogen (secondary N) is 1. The van der Waals surface area contributed by atoms with Crippen molar-refractivity contribution in [2.75, 3.05) is 13.2 Å². The van der Waals surface area contributed by atoms with E-state index in [1.54, 1.807) is 6.08 Å². The lowest BCUT2D eigenvalue weighted by Gasteiger charge is -2.40. The second kappa shape index (κ2) is 30.7. The predicted molar refractivity (Wildman–Crippen MR) is 198 cm³/mol. The van der Waals surface area contributed by atoms with Gasteiger partial charge in [-0.1, -0.05) is 120 Å². The molecule has 1 aliphatic rings. The first-order valence-corrected chi connectivity index (χ1v) is 19.0. The van der Waals surface area contributed by atoms with Crippen molar-refractivity contribution in [2.24, 2.45) is 0 Å². The lowest BCUT2D eigenvalue weighted by Crippen LogP contribution is -2.60. The number of carbonyl (C=O) groups excluding carboxylic acids is 1. The third kappa shape index (κ3) is 22.4. The molecule has 9 nitrogen and oxygen atoms in total. The van der Waals surface area contributed by atoms with Crippen LogP contribution in [0.1, 0.15) is 129 Å². The van der Waals surface area contributed by atoms with Gasteiger partial charge in [-0.2, -0.15) is 0 Å². The SMILES string of the molecule is CCCCC/C=C/CC/C=C/CC/C=C/C(O)C(COC1OC(CO)C(O)C(O)C1O)NC(=O)CC/C=C\C/C=C\CCCCCCCC. The largest absolute Gasteiger partial charge is 0.394 e. The number of unbranched alkanes of at least 4 members (excludes halogenated alkanes) is 11. The summed E-state index contributed by atoms with van der Waals surface area (Å²) in [5.74, 6) is -0.263. The van der Waals surface area contributed by atoms with Crippen LogP contribution in [-0.2, 0) is 14.3 Å². The van der Waals surface area contributed by atoms with E-state index in [0.717, 1.165) is 38.5 Å². The number of rotatable bonds is 29. The molecule has 6 N–H and O–H groups in total. The zero-order valence-corrected chi connectivity index (χ0v) is 30.4. The molecule has 1 aliphatic heterocycles. The summed E-state index contributed by atoms with van der Waals surface area (Å²) < 4.78 is 11.1. The van der Waals surface area contributed by atoms with Crippen LogP contribution in [-0.4, -0.2) is 87.5 Å². The maximum atomic E-state index is 12.8. The average Bonchev–Trinajstić information content (AvgIpc) is 3.10. The molecule has 0 aromatic heterocycles. The minimum absolute atomic E-state index is 0.226. The molecule has 7 unspecified atom stereocenters. The Morgan fingerprint density at radius 1 is 0.694 bits per heavy atom. The lowest BCUT2D eigenvalue weighted by atomic mass is 9.99. The predicted octanol–water partition coefficient (Wildman–Crippen LogP) is 6.49. The third-order valence-corrected chi connectivity index (χ3v) is 8.56. The summed E-state index contributed by atoms with van der Waals surface area (Å²) in [5.41, 5.74) is 0. The molecule has 0 aromatic carbocycles. The first kappa shape index (κ1) is 44.9. The lowest BCUT2D eigenvalue weighted by molar-refractivity contribution is -0.302. The zero-order chi connectivity index (χ0) is 36.0. The molecule has 282 valence electrons. The van der Waals surface area contributed by atoms with Gasteiger partial charge >= 0.3 is 0 Å². The van der Waals surface area contributed by atoms with Crippen molar-refractivity contribution in [1.82, 2.24) is 5.32 Å². The highest BCUT2D eigenvalue weighted by Crippen LogP contribution is 2.22. The molecule has 0 aromatic rings. The molecule has 7 atom stereocenters. The maximum Gasteiger partial charge on any atom is 0.220 e. The minimum atomic E-state index is -1.58. The first-order valence-electron chi connectivity index (χ1n) is 19.0. The standard InChI is InChI=1S/C40H69NO8/c1-3-5-7-9-11-13-15-17-19-21-23-25-27-29-34(43)33(32-48-40-39(47)38(46)37(45)35(31-42)49-40)41-36(44)30-28-26-24-22-20-18-16-14-12-10-8-6-4-2/h11,13,18-21,24,26-27,29,33-35,37-40,42-43,45-47H,3-10,12,14-17,22-23,25,28,30-32H2,1-2H3,(H,41,44)/b13-11+,20-18-,21-19+,26-24-,29-27+. The number of amides is 1. The fourth-order valence-corrected chi connectivity index (χ4v) is 5.41. The van der Waals surface area contributed by atoms with Crippen LogP contribution < -0.4 is 5.32 Å². The molecule has 0 radical (unpaired) electrons. The molecule has 1 rings (SSSR count). The van der Waals surface area contributed by atoms with E-state index in [1.165, 1.54) is 57.8 Å². The Morgan fingerprint density at radius 3 is 1.88 bits per heavy atom. The molecule has 1 saturated heterocycles. The van der Waals surface area contributed by atoms with Crippen molar-refractivity contribution in [3.63, 3.8) is 0 Å². The van der Waals surface area contributed by atoms with Crippen LogP contribution in [0.15, 0.2) is 60.8 Å². The Bertz CT molecular complexity index is 947. The van der Waals surface area contributed by atoms with Gasteiger partial charge in [0.15, 0.2) is 6.29 Å². The number of hydrogen-bond acceptors (Lipinski definition) is 8. The van der Waals surface area contributed by atoms with E-state index in [9.17, 15) is 30.3 Å². The van der Waals surface area contributed by atoms with Gasteiger partial charge < -0.3 is 40.3 Å². The number of aliphatic hydroxyl groups excluding tert-OH is 5. The van der Waals surface area contributed by atoms with Crippen molar-refractivity contribution in [1.29, 1.82) is 0 Å². The molecule has 1 amide bonds. The summed E-state index contributed by atoms with van der Waals surface area (Å²) in [5, 5.41) is 53.8. The van der Waals surface area contributed by atoms with E-state index in [4.69, 9.17) is 9.47 Å². The number of aliphatic hydroxyl groups is 5. The van der Waals surface area contributed by atoms with Crippen molar-refractivity contribution in [3.8, 4) is 0 Å². The molecule has 0 saturated carbocycles. The fourth-order valence-electron chi connectivity index (χ4n) is 5.41. The normalized spacial score (nSPS) is 23.1. The van der Waals surface area contributed by atoms with Crippen LogP contribution in [0.2, 0.25) is 0 Å². The van der Waals surface area contributed by atoms with Crippen LogP contribution in [0.25, 0.3) is 0 Å². The van der Waals surface area contributed by atoms with E-state index >= 15 is 0 Å². The summed E-state index contributed by atoms with van der Waals surface area (Å²) in [7, 11) is 0. The van der Waals surface area contributed by atoms with Gasteiger partial charge in [0.25, 0.3) is 0 Å². The molecule has 1 heterocycles. The molecular formula is C40H69NO8. The highest BCUT2D eigenvalue weighted by atomic mass is 16.7. The Hall–Kier alpha value is -2.11. The van der Waals surface area contributed by atoms with Crippen molar-refractivity contribution < 1.29 is 39.8 Å². The van der Waals surface area contributed by atoms with E-state index in [0.29, 0.717) is 12.8 Å². The Balaban J connectivity index is 2.56. The minimum Gasteiger partial charge on any atom is -0.394 e. The van der Waals surface area contributed by atoms with Crippen LogP contribution >= 0.6 is 0 Å². The highest BCUT2D eigenvalue weighted by Gasteiger charge is 2.44. The average molecular weight is 692 g/mol. The quantitative estimate of drug-likeness (QED) is 0.0385. The highest BCUT2D eigenvalue weighted by molar-refractivity contribution is 5.76. The summed E-state index contributed by atoms with van der Waals surface area (Å²) in [4.78, 5) is 12.8. The van der Waals surface area contributed by atoms with Crippen LogP contribution in [0.4, 0.5) is 0 Å². The van der Waals surface area contributed by atoms with E-state index in [2.05, 4.69) is 55.6 Å². The summed E-state index contributed by atoms with van der Waals surface area (Å²) in [6.45, 7) is 3.63. The number of allylic oxidation sites excluding steroid dienone is 9. The van der Waals surface area contributed by atoms with Gasteiger partial charge in [-0.05, 0) is 64.2 Å². The van der Waals surface area contributed by atoms with Crippen LogP contribution in [0.3, 0.4) is 0 Å². The Morgan fingerprint density at radius 2 is 1.22 bits per heavy atom. The first-order chi connectivity index (χ1) is 23.8. The van der Waals surface area contributed by atoms with E-state index in [-0.39, 0.29) is 18.9 Å². The summed E-state index contributed by atoms with van der Waals surface area (Å²) in [6.07, 6.45) is 31.3. The Labute approximate surface area is 296 Å². The van der Waals surface area contributed by atoms with Gasteiger partial charge in [0.2, 0.25) is 5.91 Å². The summed E-state index contributed by atoms with van der Waals surface area (Å²) >= 11 is 0. The summed E-state index contributed by atoms with van der Waals surface area (Å²) in [6, 6.07) is -0.857. The van der Waals surface area contributed by atoms with E-state index in [1.807, 2.05) is 18.2 Å². The molecule has 0 bridgehead atoms. The number of hydrogen-bond donors (Lipinski definition) is 6. The van der Waals surface area contributed by atoms with Crippen molar-refractivity contribution >= 4 is 5.91 Å². The molecule has 9 heteroatoms. The third-order valence-electron chi connectivity index (χ3n) is 8.56.